The van der Waals surface area contributed by atoms with Crippen molar-refractivity contribution in [3.63, 3.8) is 0 Å². The van der Waals surface area contributed by atoms with E-state index in [1.807, 2.05) is 27.7 Å². The highest BCUT2D eigenvalue weighted by Crippen LogP contribution is 2.17. The maximum atomic E-state index is 12.8. The number of aromatic amines is 1. The van der Waals surface area contributed by atoms with Crippen molar-refractivity contribution in [1.82, 2.24) is 30.6 Å². The number of aliphatic carboxylic acids is 1. The molecule has 9 N–H and O–H groups in total. The number of nitrogens with two attached hydrogens (primary N) is 2. The summed E-state index contributed by atoms with van der Waals surface area (Å²) in [5.41, 5.74) is 11.3. The van der Waals surface area contributed by atoms with Crippen molar-refractivity contribution in [3.8, 4) is 0 Å². The number of aromatic nitrogens is 4. The number of nitrogens with zero attached hydrogens (tertiary/aromatic N) is 3. The fourth-order valence-corrected chi connectivity index (χ4v) is 4.27. The van der Waals surface area contributed by atoms with Gasteiger partial charge in [0.05, 0.1) is 24.0 Å². The molecule has 0 bridgehead atoms. The molecule has 2 heterocycles. The summed E-state index contributed by atoms with van der Waals surface area (Å²) < 4.78 is 5.88. The van der Waals surface area contributed by atoms with E-state index in [0.717, 1.165) is 0 Å². The molecule has 44 heavy (non-hydrogen) atoms. The molecule has 1 unspecified atom stereocenters. The third-order valence-corrected chi connectivity index (χ3v) is 6.81. The number of carboxylic acids is 1. The van der Waals surface area contributed by atoms with Gasteiger partial charge in [0.2, 0.25) is 11.9 Å². The van der Waals surface area contributed by atoms with Crippen LogP contribution in [0.2, 0.25) is 0 Å². The van der Waals surface area contributed by atoms with Crippen molar-refractivity contribution in [1.29, 1.82) is 0 Å². The monoisotopic (exact) mass is 611 g/mol. The number of amides is 2. The van der Waals surface area contributed by atoms with E-state index in [1.165, 1.54) is 18.3 Å². The van der Waals surface area contributed by atoms with E-state index in [0.29, 0.717) is 37.4 Å². The molecule has 0 radical (unpaired) electrons. The molecule has 2 amide bonds. The molecule has 0 aliphatic carbocycles. The van der Waals surface area contributed by atoms with E-state index in [-0.39, 0.29) is 53.6 Å². The lowest BCUT2D eigenvalue weighted by Crippen LogP contribution is -2.46. The highest BCUT2D eigenvalue weighted by molar-refractivity contribution is 5.97. The minimum atomic E-state index is -1.26. The summed E-state index contributed by atoms with van der Waals surface area (Å²) in [5.74, 6) is -2.21. The van der Waals surface area contributed by atoms with Crippen LogP contribution in [0.5, 0.6) is 0 Å². The number of benzene rings is 1. The maximum Gasteiger partial charge on any atom is 0.326 e. The summed E-state index contributed by atoms with van der Waals surface area (Å²) in [5, 5.41) is 18.2. The summed E-state index contributed by atoms with van der Waals surface area (Å²) in [6, 6.07) is 5.10. The lowest BCUT2D eigenvalue weighted by Gasteiger charge is -2.30. The van der Waals surface area contributed by atoms with Crippen LogP contribution in [-0.4, -0.2) is 73.2 Å². The molecule has 238 valence electrons. The SMILES string of the molecule is CC(C)(CCOC(C)(C)CCN)NC(=O)CCC(NC(=O)c1ccc(NCc2cnc3nc(N)[nH]c(=O)c3n2)cc1)C(=O)O. The predicted octanol–water partition coefficient (Wildman–Crippen LogP) is 1.30. The number of carbonyl (C=O) groups excluding carboxylic acids is 2. The van der Waals surface area contributed by atoms with Gasteiger partial charge >= 0.3 is 5.97 Å². The van der Waals surface area contributed by atoms with Gasteiger partial charge in [0.15, 0.2) is 11.2 Å². The Kier molecular flexibility index (Phi) is 11.3. The first-order valence-electron chi connectivity index (χ1n) is 14.2. The van der Waals surface area contributed by atoms with Crippen molar-refractivity contribution in [2.75, 3.05) is 24.2 Å². The molecule has 15 heteroatoms. The summed E-state index contributed by atoms with van der Waals surface area (Å²) >= 11 is 0. The average Bonchev–Trinajstić information content (AvgIpc) is 2.93. The summed E-state index contributed by atoms with van der Waals surface area (Å²) in [6.07, 6.45) is 2.57. The Morgan fingerprint density at radius 1 is 1.09 bits per heavy atom. The van der Waals surface area contributed by atoms with Gasteiger partial charge in [-0.15, -0.1) is 0 Å². The number of nitrogen functional groups attached to an aromatic ring is 1. The Bertz CT molecular complexity index is 1520. The van der Waals surface area contributed by atoms with Gasteiger partial charge in [-0.25, -0.2) is 14.8 Å². The second-order valence-corrected chi connectivity index (χ2v) is 11.6. The summed E-state index contributed by atoms with van der Waals surface area (Å²) in [7, 11) is 0. The predicted molar refractivity (Wildman–Crippen MR) is 165 cm³/mol. The number of nitrogens with one attached hydrogen (secondary N) is 4. The van der Waals surface area contributed by atoms with Crippen LogP contribution >= 0.6 is 0 Å². The molecule has 0 spiro atoms. The van der Waals surface area contributed by atoms with Gasteiger partial charge in [0.1, 0.15) is 6.04 Å². The van der Waals surface area contributed by atoms with Crippen molar-refractivity contribution < 1.29 is 24.2 Å². The van der Waals surface area contributed by atoms with E-state index in [1.54, 1.807) is 12.1 Å². The number of ether oxygens (including phenoxy) is 1. The molecule has 0 aliphatic rings. The van der Waals surface area contributed by atoms with Crippen LogP contribution in [0, 0.1) is 0 Å². The standard InChI is InChI=1S/C29H41N9O6/c1-28(2,12-14-44-29(3,4)11-13-30)38-21(39)10-9-20(26(42)43)35-24(40)17-5-7-18(8-6-17)32-15-19-16-33-23-22(34-19)25(41)37-27(31)36-23/h5-8,16,20,32H,9-15,30H2,1-4H3,(H,35,40)(H,38,39)(H,42,43)(H3,31,33,36,37,41). The van der Waals surface area contributed by atoms with Gasteiger partial charge in [-0.05, 0) is 77.8 Å². The minimum absolute atomic E-state index is 0.0490. The number of hydrogen-bond acceptors (Lipinski definition) is 11. The molecule has 0 aliphatic heterocycles. The number of hydrogen-bond donors (Lipinski definition) is 7. The number of anilines is 2. The second-order valence-electron chi connectivity index (χ2n) is 11.6. The number of carboxylic acid groups (broad SMARTS) is 1. The first kappa shape index (κ1) is 33.9. The minimum Gasteiger partial charge on any atom is -0.480 e. The van der Waals surface area contributed by atoms with Crippen LogP contribution in [0.25, 0.3) is 11.2 Å². The van der Waals surface area contributed by atoms with Gasteiger partial charge in [0.25, 0.3) is 11.5 Å². The van der Waals surface area contributed by atoms with Gasteiger partial charge in [0, 0.05) is 29.8 Å². The van der Waals surface area contributed by atoms with E-state index in [9.17, 15) is 24.3 Å². The fraction of sp³-hybridized carbons (Fsp3) is 0.483. The number of fused-ring (bicyclic) bond motifs is 1. The molecule has 0 saturated carbocycles. The quantitative estimate of drug-likeness (QED) is 0.121. The normalized spacial score (nSPS) is 12.5. The first-order chi connectivity index (χ1) is 20.7. The van der Waals surface area contributed by atoms with E-state index in [2.05, 4.69) is 35.9 Å². The average molecular weight is 612 g/mol. The molecule has 15 nitrogen and oxygen atoms in total. The van der Waals surface area contributed by atoms with Crippen molar-refractivity contribution >= 4 is 40.6 Å². The molecular weight excluding hydrogens is 570 g/mol. The lowest BCUT2D eigenvalue weighted by molar-refractivity contribution is -0.139. The van der Waals surface area contributed by atoms with Crippen molar-refractivity contribution in [2.24, 2.45) is 5.73 Å². The first-order valence-corrected chi connectivity index (χ1v) is 14.2. The zero-order chi connectivity index (χ0) is 32.5. The molecule has 0 fully saturated rings. The van der Waals surface area contributed by atoms with Crippen molar-refractivity contribution in [2.45, 2.75) is 77.1 Å². The molecule has 3 aromatic rings. The zero-order valence-electron chi connectivity index (χ0n) is 25.4. The van der Waals surface area contributed by atoms with Crippen LogP contribution in [-0.2, 0) is 20.9 Å². The van der Waals surface area contributed by atoms with E-state index < -0.39 is 29.0 Å². The molecule has 1 atom stereocenters. The highest BCUT2D eigenvalue weighted by Gasteiger charge is 2.26. The molecule has 2 aromatic heterocycles. The van der Waals surface area contributed by atoms with Crippen LogP contribution in [0.3, 0.4) is 0 Å². The van der Waals surface area contributed by atoms with E-state index >= 15 is 0 Å². The van der Waals surface area contributed by atoms with Gasteiger partial charge in [-0.2, -0.15) is 4.98 Å². The molecular formula is C29H41N9O6. The third kappa shape index (κ3) is 10.3. The van der Waals surface area contributed by atoms with Crippen LogP contribution in [0.4, 0.5) is 11.6 Å². The fourth-order valence-electron chi connectivity index (χ4n) is 4.27. The van der Waals surface area contributed by atoms with Crippen molar-refractivity contribution in [3.05, 3.63) is 52.1 Å². The number of rotatable bonds is 16. The summed E-state index contributed by atoms with van der Waals surface area (Å²) in [6.45, 7) is 8.82. The van der Waals surface area contributed by atoms with Gasteiger partial charge in [-0.3, -0.25) is 19.4 Å². The largest absolute Gasteiger partial charge is 0.480 e. The Morgan fingerprint density at radius 3 is 2.45 bits per heavy atom. The zero-order valence-corrected chi connectivity index (χ0v) is 25.4. The highest BCUT2D eigenvalue weighted by atomic mass is 16.5. The number of carbonyl (C=O) groups is 3. The molecule has 1 aromatic carbocycles. The third-order valence-electron chi connectivity index (χ3n) is 6.81. The second kappa shape index (κ2) is 14.7. The van der Waals surface area contributed by atoms with Crippen LogP contribution in [0.1, 0.15) is 69.4 Å². The molecule has 0 saturated heterocycles. The Labute approximate surface area is 254 Å². The van der Waals surface area contributed by atoms with Gasteiger partial charge in [-0.1, -0.05) is 0 Å². The lowest BCUT2D eigenvalue weighted by atomic mass is 9.99. The number of H-pyrrole nitrogens is 1. The Hall–Kier alpha value is -4.63. The smallest absolute Gasteiger partial charge is 0.326 e. The topological polar surface area (TPSA) is 240 Å². The summed E-state index contributed by atoms with van der Waals surface area (Å²) in [4.78, 5) is 63.9. The Morgan fingerprint density at radius 2 is 1.80 bits per heavy atom. The van der Waals surface area contributed by atoms with E-state index in [4.69, 9.17) is 16.2 Å². The van der Waals surface area contributed by atoms with Crippen LogP contribution in [0.15, 0.2) is 35.3 Å². The van der Waals surface area contributed by atoms with Gasteiger partial charge < -0.3 is 37.3 Å². The Balaban J connectivity index is 1.49. The maximum absolute atomic E-state index is 12.8. The van der Waals surface area contributed by atoms with Crippen LogP contribution < -0.4 is 33.0 Å². The molecule has 3 rings (SSSR count).